The van der Waals surface area contributed by atoms with Crippen molar-refractivity contribution in [3.63, 3.8) is 0 Å². The number of pyridine rings is 1. The van der Waals surface area contributed by atoms with Gasteiger partial charge in [0.2, 0.25) is 0 Å². The highest BCUT2D eigenvalue weighted by atomic mass is 19.4. The molecule has 3 aromatic rings. The fourth-order valence-corrected chi connectivity index (χ4v) is 2.14. The number of amides is 1. The second-order valence-corrected chi connectivity index (χ2v) is 5.44. The van der Waals surface area contributed by atoms with Crippen molar-refractivity contribution in [3.05, 3.63) is 78.4 Å². The smallest absolute Gasteiger partial charge is 0.475 e. The van der Waals surface area contributed by atoms with Gasteiger partial charge < -0.3 is 15.0 Å². The molecule has 0 unspecified atom stereocenters. The first-order chi connectivity index (χ1) is 13.7. The summed E-state index contributed by atoms with van der Waals surface area (Å²) in [6, 6.07) is 8.97. The lowest BCUT2D eigenvalue weighted by Crippen LogP contribution is -2.24. The van der Waals surface area contributed by atoms with Crippen LogP contribution in [0.5, 0.6) is 0 Å². The number of benzene rings is 1. The van der Waals surface area contributed by atoms with E-state index in [1.165, 1.54) is 12.3 Å². The third kappa shape index (κ3) is 6.13. The van der Waals surface area contributed by atoms with Crippen molar-refractivity contribution in [1.29, 1.82) is 0 Å². The average molecular weight is 410 g/mol. The standard InChI is InChI=1S/C16H13FN4O.C2HF3O2/c17-14-10-18-6-5-13(14)16(22)20-9-12-3-1-2-4-15(12)21-8-7-19-11-21;3-2(4,5)1(6)7/h1-8,10-11H,9H2,(H,20,22);(H,6,7). The summed E-state index contributed by atoms with van der Waals surface area (Å²) in [5.74, 6) is -3.87. The molecule has 0 bridgehead atoms. The van der Waals surface area contributed by atoms with Crippen molar-refractivity contribution >= 4 is 11.9 Å². The number of nitrogens with one attached hydrogen (secondary N) is 1. The predicted octanol–water partition coefficient (Wildman–Crippen LogP) is 2.97. The zero-order chi connectivity index (χ0) is 21.4. The number of aromatic nitrogens is 3. The molecule has 0 aliphatic heterocycles. The fraction of sp³-hybridized carbons (Fsp3) is 0.111. The molecule has 3 rings (SSSR count). The number of rotatable bonds is 4. The first kappa shape index (κ1) is 21.5. The van der Waals surface area contributed by atoms with Gasteiger partial charge in [0, 0.05) is 25.1 Å². The maximum absolute atomic E-state index is 13.5. The maximum atomic E-state index is 13.5. The Morgan fingerprint density at radius 1 is 1.10 bits per heavy atom. The molecule has 0 aliphatic carbocycles. The van der Waals surface area contributed by atoms with E-state index in [-0.39, 0.29) is 12.1 Å². The van der Waals surface area contributed by atoms with E-state index in [0.29, 0.717) is 0 Å². The first-order valence-corrected chi connectivity index (χ1v) is 7.94. The third-order valence-electron chi connectivity index (χ3n) is 3.47. The van der Waals surface area contributed by atoms with E-state index < -0.39 is 23.9 Å². The summed E-state index contributed by atoms with van der Waals surface area (Å²) < 4.78 is 47.1. The number of nitrogens with zero attached hydrogens (tertiary/aromatic N) is 3. The van der Waals surface area contributed by atoms with Crippen LogP contribution in [0.1, 0.15) is 15.9 Å². The monoisotopic (exact) mass is 410 g/mol. The van der Waals surface area contributed by atoms with Gasteiger partial charge in [0.1, 0.15) is 0 Å². The van der Waals surface area contributed by atoms with E-state index in [1.807, 2.05) is 35.0 Å². The molecule has 2 heterocycles. The summed E-state index contributed by atoms with van der Waals surface area (Å²) in [5.41, 5.74) is 1.80. The molecule has 0 spiro atoms. The van der Waals surface area contributed by atoms with E-state index >= 15 is 0 Å². The van der Waals surface area contributed by atoms with Crippen LogP contribution in [0.15, 0.2) is 61.4 Å². The number of aliphatic carboxylic acids is 1. The van der Waals surface area contributed by atoms with E-state index in [0.717, 1.165) is 17.4 Å². The maximum Gasteiger partial charge on any atom is 0.490 e. The molecule has 7 nitrogen and oxygen atoms in total. The van der Waals surface area contributed by atoms with Crippen molar-refractivity contribution in [2.75, 3.05) is 0 Å². The molecule has 0 atom stereocenters. The van der Waals surface area contributed by atoms with Crippen molar-refractivity contribution in [2.24, 2.45) is 0 Å². The number of hydrogen-bond donors (Lipinski definition) is 2. The highest BCUT2D eigenvalue weighted by Crippen LogP contribution is 2.14. The van der Waals surface area contributed by atoms with Crippen molar-refractivity contribution in [3.8, 4) is 5.69 Å². The minimum absolute atomic E-state index is 0.0184. The van der Waals surface area contributed by atoms with Crippen LogP contribution < -0.4 is 5.32 Å². The number of alkyl halides is 3. The topological polar surface area (TPSA) is 97.1 Å². The largest absolute Gasteiger partial charge is 0.490 e. The van der Waals surface area contributed by atoms with Crippen LogP contribution >= 0.6 is 0 Å². The van der Waals surface area contributed by atoms with Gasteiger partial charge in [-0.15, -0.1) is 0 Å². The molecule has 0 aliphatic rings. The Bertz CT molecular complexity index is 975. The van der Waals surface area contributed by atoms with E-state index in [1.54, 1.807) is 12.5 Å². The Hall–Kier alpha value is -3.76. The molecule has 2 aromatic heterocycles. The molecule has 1 aromatic carbocycles. The van der Waals surface area contributed by atoms with E-state index in [4.69, 9.17) is 9.90 Å². The number of carbonyl (C=O) groups is 2. The van der Waals surface area contributed by atoms with Crippen LogP contribution in [0, 0.1) is 5.82 Å². The molecular weight excluding hydrogens is 396 g/mol. The van der Waals surface area contributed by atoms with Crippen LogP contribution in [-0.4, -0.2) is 37.7 Å². The number of imidazole rings is 1. The van der Waals surface area contributed by atoms with Gasteiger partial charge in [0.05, 0.1) is 23.8 Å². The SMILES string of the molecule is O=C(NCc1ccccc1-n1ccnc1)c1ccncc1F.O=C(O)C(F)(F)F. The molecule has 0 saturated carbocycles. The predicted molar refractivity (Wildman–Crippen MR) is 92.6 cm³/mol. The highest BCUT2D eigenvalue weighted by molar-refractivity contribution is 5.94. The Balaban J connectivity index is 0.000000370. The van der Waals surface area contributed by atoms with Crippen molar-refractivity contribution < 1.29 is 32.3 Å². The van der Waals surface area contributed by atoms with Gasteiger partial charge in [-0.2, -0.15) is 13.2 Å². The number of carboxylic acids is 1. The van der Waals surface area contributed by atoms with Crippen LogP contribution in [-0.2, 0) is 11.3 Å². The molecule has 0 saturated heterocycles. The molecule has 2 N–H and O–H groups in total. The summed E-state index contributed by atoms with van der Waals surface area (Å²) in [4.78, 5) is 28.6. The Morgan fingerprint density at radius 2 is 1.79 bits per heavy atom. The Labute approximate surface area is 161 Å². The zero-order valence-corrected chi connectivity index (χ0v) is 14.6. The number of hydrogen-bond acceptors (Lipinski definition) is 4. The van der Waals surface area contributed by atoms with Crippen LogP contribution in [0.2, 0.25) is 0 Å². The molecule has 11 heteroatoms. The quantitative estimate of drug-likeness (QED) is 0.645. The number of carboxylic acid groups (broad SMARTS) is 1. The summed E-state index contributed by atoms with van der Waals surface area (Å²) in [7, 11) is 0. The number of carbonyl (C=O) groups excluding carboxylic acids is 1. The van der Waals surface area contributed by atoms with Gasteiger partial charge >= 0.3 is 12.1 Å². The Morgan fingerprint density at radius 3 is 2.38 bits per heavy atom. The Kier molecular flexibility index (Phi) is 7.01. The minimum atomic E-state index is -5.08. The third-order valence-corrected chi connectivity index (χ3v) is 3.47. The zero-order valence-electron chi connectivity index (χ0n) is 14.6. The van der Waals surface area contributed by atoms with Gasteiger partial charge in [-0.05, 0) is 17.7 Å². The number of para-hydroxylation sites is 1. The minimum Gasteiger partial charge on any atom is -0.475 e. The first-order valence-electron chi connectivity index (χ1n) is 7.94. The van der Waals surface area contributed by atoms with Crippen LogP contribution in [0.25, 0.3) is 5.69 Å². The summed E-state index contributed by atoms with van der Waals surface area (Å²) in [6.07, 6.45) is 2.51. The van der Waals surface area contributed by atoms with Gasteiger partial charge in [-0.25, -0.2) is 14.2 Å². The lowest BCUT2D eigenvalue weighted by Gasteiger charge is -2.11. The van der Waals surface area contributed by atoms with Gasteiger partial charge in [0.25, 0.3) is 5.91 Å². The van der Waals surface area contributed by atoms with Crippen LogP contribution in [0.4, 0.5) is 17.6 Å². The van der Waals surface area contributed by atoms with Gasteiger partial charge in [-0.3, -0.25) is 9.78 Å². The van der Waals surface area contributed by atoms with Gasteiger partial charge in [-0.1, -0.05) is 18.2 Å². The molecule has 1 amide bonds. The molecule has 152 valence electrons. The van der Waals surface area contributed by atoms with Crippen molar-refractivity contribution in [2.45, 2.75) is 12.7 Å². The van der Waals surface area contributed by atoms with E-state index in [9.17, 15) is 22.4 Å². The summed E-state index contributed by atoms with van der Waals surface area (Å²) >= 11 is 0. The van der Waals surface area contributed by atoms with Crippen molar-refractivity contribution in [1.82, 2.24) is 19.9 Å². The molecule has 0 radical (unpaired) electrons. The summed E-state index contributed by atoms with van der Waals surface area (Å²) in [6.45, 7) is 0.287. The normalized spacial score (nSPS) is 10.6. The number of halogens is 4. The lowest BCUT2D eigenvalue weighted by atomic mass is 10.1. The second-order valence-electron chi connectivity index (χ2n) is 5.44. The molecular formula is C18H14F4N4O3. The lowest BCUT2D eigenvalue weighted by molar-refractivity contribution is -0.192. The average Bonchev–Trinajstić information content (AvgIpc) is 3.21. The second kappa shape index (κ2) is 9.44. The highest BCUT2D eigenvalue weighted by Gasteiger charge is 2.38. The summed E-state index contributed by atoms with van der Waals surface area (Å²) in [5, 5.41) is 9.84. The fourth-order valence-electron chi connectivity index (χ4n) is 2.14. The van der Waals surface area contributed by atoms with E-state index in [2.05, 4.69) is 15.3 Å². The molecule has 29 heavy (non-hydrogen) atoms. The molecule has 0 fully saturated rings. The van der Waals surface area contributed by atoms with Crippen LogP contribution in [0.3, 0.4) is 0 Å². The van der Waals surface area contributed by atoms with Gasteiger partial charge in [0.15, 0.2) is 5.82 Å².